The lowest BCUT2D eigenvalue weighted by molar-refractivity contribution is 0.0474. The molecule has 0 unspecified atom stereocenters. The molecule has 7 nitrogen and oxygen atoms in total. The molecule has 7 heteroatoms. The van der Waals surface area contributed by atoms with Gasteiger partial charge in [-0.1, -0.05) is 6.07 Å². The van der Waals surface area contributed by atoms with Crippen LogP contribution in [0.5, 0.6) is 11.5 Å². The summed E-state index contributed by atoms with van der Waals surface area (Å²) in [4.78, 5) is 36.0. The second kappa shape index (κ2) is 8.68. The zero-order chi connectivity index (χ0) is 19.9. The number of furan rings is 1. The molecule has 0 radical (unpaired) electrons. The van der Waals surface area contributed by atoms with Crippen molar-refractivity contribution in [3.63, 3.8) is 0 Å². The van der Waals surface area contributed by atoms with Crippen molar-refractivity contribution in [1.82, 2.24) is 0 Å². The van der Waals surface area contributed by atoms with E-state index in [9.17, 15) is 14.4 Å². The fourth-order valence-corrected chi connectivity index (χ4v) is 2.31. The summed E-state index contributed by atoms with van der Waals surface area (Å²) in [5.74, 6) is -0.816. The van der Waals surface area contributed by atoms with Crippen LogP contribution in [0.1, 0.15) is 31.3 Å². The largest absolute Gasteiger partial charge is 0.497 e. The average molecular weight is 380 g/mol. The van der Waals surface area contributed by atoms with E-state index in [2.05, 4.69) is 0 Å². The van der Waals surface area contributed by atoms with Gasteiger partial charge in [0, 0.05) is 5.56 Å². The van der Waals surface area contributed by atoms with Gasteiger partial charge in [-0.2, -0.15) is 0 Å². The van der Waals surface area contributed by atoms with E-state index in [0.29, 0.717) is 11.3 Å². The van der Waals surface area contributed by atoms with Crippen LogP contribution < -0.4 is 9.47 Å². The lowest BCUT2D eigenvalue weighted by Gasteiger charge is -2.07. The van der Waals surface area contributed by atoms with Crippen molar-refractivity contribution >= 4 is 17.7 Å². The number of benzene rings is 2. The number of methoxy groups -OCH3 is 1. The van der Waals surface area contributed by atoms with Gasteiger partial charge in [0.2, 0.25) is 5.76 Å². The van der Waals surface area contributed by atoms with Crippen LogP contribution in [0.25, 0.3) is 0 Å². The van der Waals surface area contributed by atoms with E-state index in [1.54, 1.807) is 24.3 Å². The Labute approximate surface area is 160 Å². The summed E-state index contributed by atoms with van der Waals surface area (Å²) in [5, 5.41) is 0. The van der Waals surface area contributed by atoms with Gasteiger partial charge < -0.3 is 18.6 Å². The maximum absolute atomic E-state index is 12.2. The molecule has 0 fully saturated rings. The third-order valence-corrected chi connectivity index (χ3v) is 3.75. The molecule has 2 aromatic carbocycles. The summed E-state index contributed by atoms with van der Waals surface area (Å²) >= 11 is 0. The third-order valence-electron chi connectivity index (χ3n) is 3.75. The van der Waals surface area contributed by atoms with Gasteiger partial charge in [0.15, 0.2) is 12.4 Å². The van der Waals surface area contributed by atoms with E-state index in [0.717, 1.165) is 0 Å². The van der Waals surface area contributed by atoms with E-state index in [1.807, 2.05) is 0 Å². The van der Waals surface area contributed by atoms with E-state index < -0.39 is 18.5 Å². The fourth-order valence-electron chi connectivity index (χ4n) is 2.31. The first-order valence-corrected chi connectivity index (χ1v) is 8.27. The summed E-state index contributed by atoms with van der Waals surface area (Å²) in [6, 6.07) is 15.4. The van der Waals surface area contributed by atoms with E-state index >= 15 is 0 Å². The number of ketones is 1. The van der Waals surface area contributed by atoms with Crippen LogP contribution in [0.15, 0.2) is 71.3 Å². The number of hydrogen-bond donors (Lipinski definition) is 0. The molecular weight excluding hydrogens is 364 g/mol. The highest BCUT2D eigenvalue weighted by Gasteiger charge is 2.14. The Morgan fingerprint density at radius 1 is 0.857 bits per heavy atom. The molecule has 3 aromatic rings. The van der Waals surface area contributed by atoms with Gasteiger partial charge in [0.05, 0.1) is 18.9 Å². The highest BCUT2D eigenvalue weighted by Crippen LogP contribution is 2.16. The minimum atomic E-state index is -0.642. The second-order valence-corrected chi connectivity index (χ2v) is 5.62. The van der Waals surface area contributed by atoms with Gasteiger partial charge in [-0.3, -0.25) is 4.79 Å². The van der Waals surface area contributed by atoms with Crippen molar-refractivity contribution in [2.24, 2.45) is 0 Å². The third kappa shape index (κ3) is 4.64. The summed E-state index contributed by atoms with van der Waals surface area (Å²) in [7, 11) is 1.49. The standard InChI is InChI=1S/C21H16O7/c1-25-17-5-2-4-15(12-17)20(23)27-13-18(22)14-7-9-16(10-8-14)28-21(24)19-6-3-11-26-19/h2-12H,13H2,1H3. The van der Waals surface area contributed by atoms with Crippen molar-refractivity contribution in [1.29, 1.82) is 0 Å². The number of hydrogen-bond acceptors (Lipinski definition) is 7. The molecule has 0 saturated carbocycles. The molecule has 0 aliphatic heterocycles. The smallest absolute Gasteiger partial charge is 0.379 e. The molecule has 142 valence electrons. The Bertz CT molecular complexity index is 972. The van der Waals surface area contributed by atoms with Crippen molar-refractivity contribution in [3.05, 3.63) is 83.8 Å². The van der Waals surface area contributed by atoms with E-state index in [-0.39, 0.29) is 22.9 Å². The van der Waals surface area contributed by atoms with Gasteiger partial charge in [-0.05, 0) is 54.6 Å². The second-order valence-electron chi connectivity index (χ2n) is 5.62. The molecule has 0 amide bonds. The summed E-state index contributed by atoms with van der Waals surface area (Å²) in [5.41, 5.74) is 0.601. The van der Waals surface area contributed by atoms with Crippen LogP contribution in [0, 0.1) is 0 Å². The van der Waals surface area contributed by atoms with Crippen molar-refractivity contribution in [2.75, 3.05) is 13.7 Å². The number of rotatable bonds is 7. The zero-order valence-corrected chi connectivity index (χ0v) is 14.9. The molecule has 0 saturated heterocycles. The molecule has 1 heterocycles. The first-order valence-electron chi connectivity index (χ1n) is 8.27. The van der Waals surface area contributed by atoms with Gasteiger partial charge in [-0.15, -0.1) is 0 Å². The van der Waals surface area contributed by atoms with Crippen molar-refractivity contribution in [2.45, 2.75) is 0 Å². The van der Waals surface area contributed by atoms with Crippen LogP contribution in [-0.2, 0) is 4.74 Å². The maximum atomic E-state index is 12.2. The molecule has 1 aromatic heterocycles. The molecule has 0 N–H and O–H groups in total. The number of esters is 2. The van der Waals surface area contributed by atoms with Crippen LogP contribution in [0.4, 0.5) is 0 Å². The van der Waals surface area contributed by atoms with E-state index in [4.69, 9.17) is 18.6 Å². The predicted molar refractivity (Wildman–Crippen MR) is 97.7 cm³/mol. The highest BCUT2D eigenvalue weighted by atomic mass is 16.5. The first-order chi connectivity index (χ1) is 13.6. The number of carbonyl (C=O) groups excluding carboxylic acids is 3. The van der Waals surface area contributed by atoms with Gasteiger partial charge in [0.1, 0.15) is 11.5 Å². The number of Topliss-reactive ketones (excluding diaryl/α,β-unsaturated/α-hetero) is 1. The Morgan fingerprint density at radius 2 is 1.64 bits per heavy atom. The molecule has 0 aliphatic rings. The quantitative estimate of drug-likeness (QED) is 0.352. The molecule has 28 heavy (non-hydrogen) atoms. The minimum absolute atomic E-state index is 0.0737. The molecule has 0 bridgehead atoms. The Balaban J connectivity index is 1.55. The SMILES string of the molecule is COc1cccc(C(=O)OCC(=O)c2ccc(OC(=O)c3ccco3)cc2)c1. The normalized spacial score (nSPS) is 10.2. The number of ether oxygens (including phenoxy) is 3. The first kappa shape index (κ1) is 18.9. The molecule has 0 aliphatic carbocycles. The minimum Gasteiger partial charge on any atom is -0.497 e. The summed E-state index contributed by atoms with van der Waals surface area (Å²) < 4.78 is 20.2. The van der Waals surface area contributed by atoms with Crippen LogP contribution in [0.3, 0.4) is 0 Å². The molecule has 3 rings (SSSR count). The summed E-state index contributed by atoms with van der Waals surface area (Å²) in [6.45, 7) is -0.415. The Kier molecular flexibility index (Phi) is 5.86. The van der Waals surface area contributed by atoms with Gasteiger partial charge in [-0.25, -0.2) is 9.59 Å². The van der Waals surface area contributed by atoms with E-state index in [1.165, 1.54) is 49.8 Å². The Hall–Kier alpha value is -3.87. The molecular formula is C21H16O7. The van der Waals surface area contributed by atoms with Crippen molar-refractivity contribution < 1.29 is 33.0 Å². The fraction of sp³-hybridized carbons (Fsp3) is 0.0952. The topological polar surface area (TPSA) is 92.0 Å². The van der Waals surface area contributed by atoms with Crippen LogP contribution >= 0.6 is 0 Å². The highest BCUT2D eigenvalue weighted by molar-refractivity contribution is 5.99. The maximum Gasteiger partial charge on any atom is 0.379 e. The average Bonchev–Trinajstić information content (AvgIpc) is 3.27. The lowest BCUT2D eigenvalue weighted by atomic mass is 10.1. The van der Waals surface area contributed by atoms with Crippen molar-refractivity contribution in [3.8, 4) is 11.5 Å². The lowest BCUT2D eigenvalue weighted by Crippen LogP contribution is -2.14. The zero-order valence-electron chi connectivity index (χ0n) is 14.9. The predicted octanol–water partition coefficient (Wildman–Crippen LogP) is 3.55. The summed E-state index contributed by atoms with van der Waals surface area (Å²) in [6.07, 6.45) is 1.37. The monoisotopic (exact) mass is 380 g/mol. The van der Waals surface area contributed by atoms with Gasteiger partial charge >= 0.3 is 11.9 Å². The number of carbonyl (C=O) groups is 3. The molecule has 0 atom stereocenters. The Morgan fingerprint density at radius 3 is 2.32 bits per heavy atom. The van der Waals surface area contributed by atoms with Gasteiger partial charge in [0.25, 0.3) is 0 Å². The molecule has 0 spiro atoms. The van der Waals surface area contributed by atoms with Crippen LogP contribution in [-0.4, -0.2) is 31.4 Å². The van der Waals surface area contributed by atoms with Crippen LogP contribution in [0.2, 0.25) is 0 Å².